The molecule has 0 bridgehead atoms. The van der Waals surface area contributed by atoms with Gasteiger partial charge in [-0.25, -0.2) is 0 Å². The Kier molecular flexibility index (Phi) is 3.64. The minimum absolute atomic E-state index is 0.316. The molecular weight excluding hydrogens is 230 g/mol. The zero-order valence-electron chi connectivity index (χ0n) is 9.65. The summed E-state index contributed by atoms with van der Waals surface area (Å²) in [5.41, 5.74) is 8.09. The SMILES string of the molecule is N[C@@H](Cc1ccc(-c2cnccn2)cc1)C(=O)O. The summed E-state index contributed by atoms with van der Waals surface area (Å²) in [6.07, 6.45) is 5.24. The lowest BCUT2D eigenvalue weighted by atomic mass is 10.0. The van der Waals surface area contributed by atoms with Crippen LogP contribution in [0.2, 0.25) is 0 Å². The molecule has 5 nitrogen and oxygen atoms in total. The summed E-state index contributed by atoms with van der Waals surface area (Å²) in [4.78, 5) is 18.8. The van der Waals surface area contributed by atoms with Crippen LogP contribution in [0.1, 0.15) is 5.56 Å². The molecule has 0 aliphatic rings. The van der Waals surface area contributed by atoms with Crippen LogP contribution in [0.3, 0.4) is 0 Å². The van der Waals surface area contributed by atoms with Gasteiger partial charge in [-0.3, -0.25) is 14.8 Å². The maximum Gasteiger partial charge on any atom is 0.320 e. The number of carbonyl (C=O) groups is 1. The van der Waals surface area contributed by atoms with Crippen LogP contribution in [-0.4, -0.2) is 27.1 Å². The van der Waals surface area contributed by atoms with Gasteiger partial charge in [-0.15, -0.1) is 0 Å². The van der Waals surface area contributed by atoms with E-state index in [2.05, 4.69) is 9.97 Å². The maximum absolute atomic E-state index is 10.6. The predicted molar refractivity (Wildman–Crippen MR) is 66.8 cm³/mol. The normalized spacial score (nSPS) is 12.1. The minimum atomic E-state index is -0.993. The molecule has 0 unspecified atom stereocenters. The first-order chi connectivity index (χ1) is 8.66. The predicted octanol–water partition coefficient (Wildman–Crippen LogP) is 1.10. The molecule has 0 saturated heterocycles. The molecule has 18 heavy (non-hydrogen) atoms. The number of nitrogens with two attached hydrogens (primary N) is 1. The van der Waals surface area contributed by atoms with E-state index in [1.807, 2.05) is 24.3 Å². The van der Waals surface area contributed by atoms with E-state index in [0.29, 0.717) is 6.42 Å². The van der Waals surface area contributed by atoms with Gasteiger partial charge >= 0.3 is 5.97 Å². The standard InChI is InChI=1S/C13H13N3O2/c14-11(13(17)18)7-9-1-3-10(4-2-9)12-8-15-5-6-16-12/h1-6,8,11H,7,14H2,(H,17,18)/t11-/m0/s1. The molecule has 0 aliphatic heterocycles. The third kappa shape index (κ3) is 2.89. The van der Waals surface area contributed by atoms with Crippen molar-refractivity contribution in [1.29, 1.82) is 0 Å². The summed E-state index contributed by atoms with van der Waals surface area (Å²) in [6, 6.07) is 6.61. The average molecular weight is 243 g/mol. The van der Waals surface area contributed by atoms with Gasteiger partial charge in [0.25, 0.3) is 0 Å². The molecule has 3 N–H and O–H groups in total. The smallest absolute Gasteiger partial charge is 0.320 e. The number of aliphatic carboxylic acids is 1. The Bertz CT molecular complexity index is 526. The van der Waals surface area contributed by atoms with Crippen LogP contribution in [-0.2, 0) is 11.2 Å². The van der Waals surface area contributed by atoms with Crippen LogP contribution in [0.25, 0.3) is 11.3 Å². The van der Waals surface area contributed by atoms with E-state index in [9.17, 15) is 4.79 Å². The fourth-order valence-corrected chi connectivity index (χ4v) is 1.60. The number of rotatable bonds is 4. The van der Waals surface area contributed by atoms with Gasteiger partial charge in [-0.2, -0.15) is 0 Å². The molecule has 0 spiro atoms. The number of benzene rings is 1. The third-order valence-corrected chi connectivity index (χ3v) is 2.59. The molecule has 0 radical (unpaired) electrons. The number of carboxylic acids is 1. The molecule has 5 heteroatoms. The van der Waals surface area contributed by atoms with Crippen LogP contribution in [0.4, 0.5) is 0 Å². The van der Waals surface area contributed by atoms with Crippen molar-refractivity contribution in [1.82, 2.24) is 9.97 Å². The fraction of sp³-hybridized carbons (Fsp3) is 0.154. The summed E-state index contributed by atoms with van der Waals surface area (Å²) in [6.45, 7) is 0. The van der Waals surface area contributed by atoms with Crippen molar-refractivity contribution < 1.29 is 9.90 Å². The van der Waals surface area contributed by atoms with E-state index in [1.165, 1.54) is 0 Å². The number of nitrogens with zero attached hydrogens (tertiary/aromatic N) is 2. The second-order valence-corrected chi connectivity index (χ2v) is 3.94. The van der Waals surface area contributed by atoms with Gasteiger partial charge in [0.2, 0.25) is 0 Å². The summed E-state index contributed by atoms with van der Waals surface area (Å²) in [5, 5.41) is 8.73. The molecule has 0 fully saturated rings. The second-order valence-electron chi connectivity index (χ2n) is 3.94. The van der Waals surface area contributed by atoms with Gasteiger partial charge in [-0.1, -0.05) is 24.3 Å². The monoisotopic (exact) mass is 243 g/mol. The molecule has 2 rings (SSSR count). The van der Waals surface area contributed by atoms with Crippen molar-refractivity contribution in [2.75, 3.05) is 0 Å². The van der Waals surface area contributed by atoms with Crippen LogP contribution >= 0.6 is 0 Å². The molecule has 92 valence electrons. The highest BCUT2D eigenvalue weighted by molar-refractivity contribution is 5.73. The largest absolute Gasteiger partial charge is 0.480 e. The third-order valence-electron chi connectivity index (χ3n) is 2.59. The summed E-state index contributed by atoms with van der Waals surface area (Å²) in [7, 11) is 0. The molecule has 2 aromatic rings. The van der Waals surface area contributed by atoms with Crippen molar-refractivity contribution in [3.05, 3.63) is 48.4 Å². The van der Waals surface area contributed by atoms with E-state index in [1.54, 1.807) is 18.6 Å². The first-order valence-electron chi connectivity index (χ1n) is 5.50. The zero-order chi connectivity index (χ0) is 13.0. The van der Waals surface area contributed by atoms with Crippen LogP contribution in [0.15, 0.2) is 42.9 Å². The first-order valence-corrected chi connectivity index (χ1v) is 5.50. The number of carboxylic acid groups (broad SMARTS) is 1. The lowest BCUT2D eigenvalue weighted by molar-refractivity contribution is -0.138. The molecule has 0 saturated carbocycles. The Morgan fingerprint density at radius 1 is 1.28 bits per heavy atom. The fourth-order valence-electron chi connectivity index (χ4n) is 1.60. The van der Waals surface area contributed by atoms with E-state index in [-0.39, 0.29) is 0 Å². The van der Waals surface area contributed by atoms with Gasteiger partial charge in [0.05, 0.1) is 11.9 Å². The number of hydrogen-bond donors (Lipinski definition) is 2. The van der Waals surface area contributed by atoms with Crippen LogP contribution in [0.5, 0.6) is 0 Å². The zero-order valence-corrected chi connectivity index (χ0v) is 9.65. The van der Waals surface area contributed by atoms with Gasteiger partial charge in [0, 0.05) is 18.0 Å². The molecule has 0 amide bonds. The Balaban J connectivity index is 2.13. The Labute approximate surface area is 104 Å². The van der Waals surface area contributed by atoms with Gasteiger partial charge in [-0.05, 0) is 12.0 Å². The quantitative estimate of drug-likeness (QED) is 0.839. The molecule has 0 aliphatic carbocycles. The van der Waals surface area contributed by atoms with Crippen molar-refractivity contribution in [2.45, 2.75) is 12.5 Å². The summed E-state index contributed by atoms with van der Waals surface area (Å²) < 4.78 is 0. The van der Waals surface area contributed by atoms with Gasteiger partial charge < -0.3 is 10.8 Å². The minimum Gasteiger partial charge on any atom is -0.480 e. The highest BCUT2D eigenvalue weighted by atomic mass is 16.4. The molecular formula is C13H13N3O2. The lowest BCUT2D eigenvalue weighted by Crippen LogP contribution is -2.32. The van der Waals surface area contributed by atoms with E-state index in [4.69, 9.17) is 10.8 Å². The van der Waals surface area contributed by atoms with E-state index < -0.39 is 12.0 Å². The topological polar surface area (TPSA) is 89.1 Å². The van der Waals surface area contributed by atoms with E-state index >= 15 is 0 Å². The van der Waals surface area contributed by atoms with E-state index in [0.717, 1.165) is 16.8 Å². The van der Waals surface area contributed by atoms with Crippen LogP contribution in [0, 0.1) is 0 Å². The first kappa shape index (κ1) is 12.2. The second kappa shape index (κ2) is 5.37. The molecule has 1 atom stereocenters. The number of hydrogen-bond acceptors (Lipinski definition) is 4. The van der Waals surface area contributed by atoms with Crippen LogP contribution < -0.4 is 5.73 Å². The number of aromatic nitrogens is 2. The van der Waals surface area contributed by atoms with Crippen molar-refractivity contribution in [2.24, 2.45) is 5.73 Å². The Morgan fingerprint density at radius 2 is 2.00 bits per heavy atom. The van der Waals surface area contributed by atoms with Crippen molar-refractivity contribution in [3.63, 3.8) is 0 Å². The summed E-state index contributed by atoms with van der Waals surface area (Å²) in [5.74, 6) is -0.993. The van der Waals surface area contributed by atoms with Crippen molar-refractivity contribution >= 4 is 5.97 Å². The highest BCUT2D eigenvalue weighted by Crippen LogP contribution is 2.16. The summed E-state index contributed by atoms with van der Waals surface area (Å²) >= 11 is 0. The highest BCUT2D eigenvalue weighted by Gasteiger charge is 2.11. The molecule has 1 aromatic heterocycles. The lowest BCUT2D eigenvalue weighted by Gasteiger charge is -2.07. The molecule has 1 heterocycles. The molecule has 1 aromatic carbocycles. The Hall–Kier alpha value is -2.27. The van der Waals surface area contributed by atoms with Gasteiger partial charge in [0.15, 0.2) is 0 Å². The van der Waals surface area contributed by atoms with Crippen molar-refractivity contribution in [3.8, 4) is 11.3 Å². The maximum atomic E-state index is 10.6. The Morgan fingerprint density at radius 3 is 2.56 bits per heavy atom. The average Bonchev–Trinajstić information content (AvgIpc) is 2.40. The van der Waals surface area contributed by atoms with Gasteiger partial charge in [0.1, 0.15) is 6.04 Å².